The Bertz CT molecular complexity index is 672. The molecule has 0 saturated carbocycles. The number of ether oxygens (including phenoxy) is 1. The van der Waals surface area contributed by atoms with Gasteiger partial charge in [0.25, 0.3) is 5.91 Å². The number of carbonyl (C=O) groups excluding carboxylic acids is 1. The normalized spacial score (nSPS) is 14.7. The summed E-state index contributed by atoms with van der Waals surface area (Å²) in [5.41, 5.74) is 0.676. The van der Waals surface area contributed by atoms with Gasteiger partial charge in [-0.15, -0.1) is 0 Å². The van der Waals surface area contributed by atoms with Gasteiger partial charge < -0.3 is 9.64 Å². The smallest absolute Gasteiger partial charge is 0.255 e. The van der Waals surface area contributed by atoms with E-state index in [1.807, 2.05) is 36.4 Å². The van der Waals surface area contributed by atoms with Crippen LogP contribution in [-0.2, 0) is 0 Å². The minimum absolute atomic E-state index is 0.0114. The SMILES string of the molecule is O=C(c1ccccc1Br)N1CC(Oc2ncccc2Br)C1. The number of hydrogen-bond donors (Lipinski definition) is 0. The second-order valence-corrected chi connectivity index (χ2v) is 6.43. The Kier molecular flexibility index (Phi) is 4.26. The molecule has 0 N–H and O–H groups in total. The predicted octanol–water partition coefficient (Wildman–Crippen LogP) is 3.51. The van der Waals surface area contributed by atoms with Gasteiger partial charge in [-0.05, 0) is 56.1 Å². The number of amides is 1. The topological polar surface area (TPSA) is 42.4 Å². The standard InChI is InChI=1S/C15H12Br2N2O2/c16-12-5-2-1-4-11(12)15(20)19-8-10(9-19)21-14-13(17)6-3-7-18-14/h1-7,10H,8-9H2. The van der Waals surface area contributed by atoms with Crippen molar-refractivity contribution in [1.82, 2.24) is 9.88 Å². The zero-order valence-electron chi connectivity index (χ0n) is 11.0. The summed E-state index contributed by atoms with van der Waals surface area (Å²) in [6.45, 7) is 1.15. The Morgan fingerprint density at radius 1 is 1.14 bits per heavy atom. The van der Waals surface area contributed by atoms with E-state index in [-0.39, 0.29) is 12.0 Å². The highest BCUT2D eigenvalue weighted by Crippen LogP contribution is 2.26. The van der Waals surface area contributed by atoms with Crippen molar-refractivity contribution in [1.29, 1.82) is 0 Å². The molecule has 1 aliphatic heterocycles. The van der Waals surface area contributed by atoms with Gasteiger partial charge in [0.1, 0.15) is 6.10 Å². The van der Waals surface area contributed by atoms with Gasteiger partial charge in [0, 0.05) is 10.7 Å². The molecule has 21 heavy (non-hydrogen) atoms. The number of pyridine rings is 1. The van der Waals surface area contributed by atoms with Crippen LogP contribution in [0.3, 0.4) is 0 Å². The molecule has 0 radical (unpaired) electrons. The van der Waals surface area contributed by atoms with Gasteiger partial charge in [0.15, 0.2) is 0 Å². The fourth-order valence-electron chi connectivity index (χ4n) is 2.10. The highest BCUT2D eigenvalue weighted by Gasteiger charge is 2.33. The van der Waals surface area contributed by atoms with Crippen molar-refractivity contribution in [2.75, 3.05) is 13.1 Å². The summed E-state index contributed by atoms with van der Waals surface area (Å²) < 4.78 is 7.40. The average molecular weight is 412 g/mol. The summed E-state index contributed by atoms with van der Waals surface area (Å²) in [5.74, 6) is 0.581. The van der Waals surface area contributed by atoms with Crippen molar-refractivity contribution in [2.45, 2.75) is 6.10 Å². The van der Waals surface area contributed by atoms with Gasteiger partial charge in [0.2, 0.25) is 5.88 Å². The van der Waals surface area contributed by atoms with Crippen LogP contribution in [0, 0.1) is 0 Å². The number of carbonyl (C=O) groups is 1. The first-order chi connectivity index (χ1) is 10.1. The molecule has 1 fully saturated rings. The molecular weight excluding hydrogens is 400 g/mol. The zero-order valence-corrected chi connectivity index (χ0v) is 14.2. The molecule has 0 spiro atoms. The lowest BCUT2D eigenvalue weighted by Gasteiger charge is -2.38. The number of benzene rings is 1. The Labute approximate surface area is 139 Å². The molecule has 1 saturated heterocycles. The van der Waals surface area contributed by atoms with Gasteiger partial charge in [-0.2, -0.15) is 0 Å². The van der Waals surface area contributed by atoms with Crippen LogP contribution in [0.5, 0.6) is 5.88 Å². The van der Waals surface area contributed by atoms with Gasteiger partial charge >= 0.3 is 0 Å². The van der Waals surface area contributed by atoms with Crippen LogP contribution >= 0.6 is 31.9 Å². The first kappa shape index (κ1) is 14.5. The summed E-state index contributed by atoms with van der Waals surface area (Å²) in [5, 5.41) is 0. The largest absolute Gasteiger partial charge is 0.470 e. The molecular formula is C15H12Br2N2O2. The lowest BCUT2D eigenvalue weighted by Crippen LogP contribution is -2.56. The van der Waals surface area contributed by atoms with Crippen LogP contribution in [0.1, 0.15) is 10.4 Å². The van der Waals surface area contributed by atoms with Crippen molar-refractivity contribution >= 4 is 37.8 Å². The van der Waals surface area contributed by atoms with Crippen molar-refractivity contribution in [3.05, 3.63) is 57.1 Å². The van der Waals surface area contributed by atoms with E-state index < -0.39 is 0 Å². The zero-order chi connectivity index (χ0) is 14.8. The summed E-state index contributed by atoms with van der Waals surface area (Å²) in [6.07, 6.45) is 1.67. The molecule has 0 atom stereocenters. The maximum absolute atomic E-state index is 12.3. The van der Waals surface area contributed by atoms with E-state index in [1.54, 1.807) is 11.1 Å². The summed E-state index contributed by atoms with van der Waals surface area (Å²) in [7, 11) is 0. The van der Waals surface area contributed by atoms with E-state index in [0.717, 1.165) is 8.95 Å². The molecule has 1 aromatic heterocycles. The van der Waals surface area contributed by atoms with E-state index in [1.165, 1.54) is 0 Å². The third kappa shape index (κ3) is 3.11. The second-order valence-electron chi connectivity index (χ2n) is 4.72. The maximum atomic E-state index is 12.3. The Hall–Kier alpha value is -1.40. The van der Waals surface area contributed by atoms with Crippen LogP contribution in [0.4, 0.5) is 0 Å². The highest BCUT2D eigenvalue weighted by atomic mass is 79.9. The molecule has 0 bridgehead atoms. The number of nitrogens with zero attached hydrogens (tertiary/aromatic N) is 2. The quantitative estimate of drug-likeness (QED) is 0.776. The number of likely N-dealkylation sites (tertiary alicyclic amines) is 1. The van der Waals surface area contributed by atoms with E-state index in [2.05, 4.69) is 36.8 Å². The summed E-state index contributed by atoms with van der Waals surface area (Å²) in [4.78, 5) is 18.3. The molecule has 0 aliphatic carbocycles. The Morgan fingerprint density at radius 2 is 1.86 bits per heavy atom. The molecule has 4 nitrogen and oxygen atoms in total. The van der Waals surface area contributed by atoms with Crippen molar-refractivity contribution < 1.29 is 9.53 Å². The van der Waals surface area contributed by atoms with Gasteiger partial charge in [-0.3, -0.25) is 4.79 Å². The number of hydrogen-bond acceptors (Lipinski definition) is 3. The molecule has 2 heterocycles. The Balaban J connectivity index is 1.60. The fraction of sp³-hybridized carbons (Fsp3) is 0.200. The first-order valence-corrected chi connectivity index (χ1v) is 8.04. The first-order valence-electron chi connectivity index (χ1n) is 6.46. The molecule has 6 heteroatoms. The fourth-order valence-corrected chi connectivity index (χ4v) is 2.90. The second kappa shape index (κ2) is 6.15. The predicted molar refractivity (Wildman–Crippen MR) is 86.4 cm³/mol. The number of halogens is 2. The van der Waals surface area contributed by atoms with Crippen LogP contribution in [0.25, 0.3) is 0 Å². The van der Waals surface area contributed by atoms with Crippen LogP contribution in [0.15, 0.2) is 51.5 Å². The van der Waals surface area contributed by atoms with Gasteiger partial charge in [-0.1, -0.05) is 12.1 Å². The Morgan fingerprint density at radius 3 is 2.57 bits per heavy atom. The molecule has 1 amide bonds. The molecule has 2 aromatic rings. The minimum atomic E-state index is -0.0114. The van der Waals surface area contributed by atoms with Crippen LogP contribution in [-0.4, -0.2) is 35.0 Å². The minimum Gasteiger partial charge on any atom is -0.470 e. The van der Waals surface area contributed by atoms with E-state index in [0.29, 0.717) is 24.5 Å². The number of aromatic nitrogens is 1. The van der Waals surface area contributed by atoms with Crippen molar-refractivity contribution in [2.24, 2.45) is 0 Å². The third-order valence-corrected chi connectivity index (χ3v) is 4.54. The van der Waals surface area contributed by atoms with Gasteiger partial charge in [0.05, 0.1) is 23.1 Å². The number of rotatable bonds is 3. The molecule has 0 unspecified atom stereocenters. The highest BCUT2D eigenvalue weighted by molar-refractivity contribution is 9.10. The van der Waals surface area contributed by atoms with E-state index in [9.17, 15) is 4.79 Å². The van der Waals surface area contributed by atoms with Crippen molar-refractivity contribution in [3.63, 3.8) is 0 Å². The van der Waals surface area contributed by atoms with Crippen molar-refractivity contribution in [3.8, 4) is 5.88 Å². The lowest BCUT2D eigenvalue weighted by molar-refractivity contribution is 0.0156. The summed E-state index contributed by atoms with van der Waals surface area (Å²) in [6, 6.07) is 11.1. The molecule has 1 aliphatic rings. The lowest BCUT2D eigenvalue weighted by atomic mass is 10.1. The molecule has 3 rings (SSSR count). The van der Waals surface area contributed by atoms with Gasteiger partial charge in [-0.25, -0.2) is 4.98 Å². The van der Waals surface area contributed by atoms with Crippen LogP contribution in [0.2, 0.25) is 0 Å². The average Bonchev–Trinajstić information content (AvgIpc) is 2.44. The maximum Gasteiger partial charge on any atom is 0.255 e. The monoisotopic (exact) mass is 410 g/mol. The van der Waals surface area contributed by atoms with E-state index >= 15 is 0 Å². The third-order valence-electron chi connectivity index (χ3n) is 3.24. The molecule has 108 valence electrons. The van der Waals surface area contributed by atoms with E-state index in [4.69, 9.17) is 4.74 Å². The summed E-state index contributed by atoms with van der Waals surface area (Å²) >= 11 is 6.80. The van der Waals surface area contributed by atoms with Crippen LogP contribution < -0.4 is 4.74 Å². The molecule has 1 aromatic carbocycles.